The lowest BCUT2D eigenvalue weighted by Crippen LogP contribution is -2.61. The number of aliphatic hydroxyl groups excluding tert-OH is 2. The highest BCUT2D eigenvalue weighted by Crippen LogP contribution is 2.43. The van der Waals surface area contributed by atoms with E-state index < -0.39 is 141 Å². The molecule has 0 amide bonds. The number of benzene rings is 1. The van der Waals surface area contributed by atoms with Crippen LogP contribution < -0.4 is 10.7 Å². The molecule has 1 aromatic carbocycles. The molecule has 5 heterocycles. The van der Waals surface area contributed by atoms with Gasteiger partial charge >= 0.3 is 11.9 Å². The Balaban J connectivity index is 1.20. The highest BCUT2D eigenvalue weighted by molar-refractivity contribution is 7.86. The van der Waals surface area contributed by atoms with E-state index in [-0.39, 0.29) is 50.8 Å². The van der Waals surface area contributed by atoms with Crippen LogP contribution in [0.3, 0.4) is 0 Å². The number of nitrogens with zero attached hydrogens (tertiary/aromatic N) is 3. The summed E-state index contributed by atoms with van der Waals surface area (Å²) in [5, 5.41) is 64.5. The monoisotopic (exact) mass is 1130 g/mol. The number of carboxylic acids is 1. The number of carbonyl (C=O) groups is 2. The van der Waals surface area contributed by atoms with Crippen LogP contribution in [0, 0.1) is 28.6 Å². The minimum Gasteiger partial charge on any atom is -0.477 e. The summed E-state index contributed by atoms with van der Waals surface area (Å²) in [6.45, 7) is 16.9. The standard InChI is InChI=1S/C54H86N4O19S/c1-14-39-54(10,66)46(61)30(4)41(56-67)28(2)23-52(8,65)47(76-51-44(60)38(57(11)12)20-29(3)72-51)31(5)45(32(6)50(64)74-39)75-40-24-53(9,70-13)48(33(7)73-40)77-78(68,69)19-18-55-17-15-16-34-21-35-26-71-27-58-25-37(49(62)63)43(59)36(22-34)42(35)58/h21-22,25,28-33,38-41,44-48,51,55,60-61,65-66H,14-20,23-24,26-27H2,1-13H3,(H,62,63)/t28-,29+,30-,31+,32-,33+,38+,39-,40+,41?,44-,45+,46+,47+,48+,51-,52-,53-,54+/m1/s1. The van der Waals surface area contributed by atoms with Gasteiger partial charge in [-0.15, -0.1) is 0 Å². The van der Waals surface area contributed by atoms with Crippen molar-refractivity contribution in [2.45, 2.75) is 211 Å². The van der Waals surface area contributed by atoms with Crippen molar-refractivity contribution in [3.8, 4) is 0 Å². The summed E-state index contributed by atoms with van der Waals surface area (Å²) in [7, 11) is 0.803. The number of likely N-dealkylation sites (N-methyl/N-ethyl adjacent to an activating group) is 1. The summed E-state index contributed by atoms with van der Waals surface area (Å²) < 4.78 is 78.7. The molecule has 0 aliphatic carbocycles. The second-order valence-corrected chi connectivity index (χ2v) is 25.0. The molecule has 1 aromatic heterocycles. The van der Waals surface area contributed by atoms with E-state index in [4.69, 9.17) is 37.3 Å². The van der Waals surface area contributed by atoms with Crippen LogP contribution in [-0.2, 0) is 72.0 Å². The SMILES string of the molecule is CC[C@H]1OC(=O)[C@H](C)[C@@H](O[C@H]2C[C@@](C)(OC)[C@@H](OS(=O)(=O)CCNCCCc3cc4c5c(c3)c(=O)c(C(=O)O)cn5COC4)[C@H](C)O2)[C@H](C)[C@H](O[C@H]2O[C@@H](C)C[C@H](N(C)C)[C@H]2O)[C@](C)(O)C[C@@H](C)C(N=O)[C@@H](C)[C@H](O)[C@@]1(C)O. The van der Waals surface area contributed by atoms with Crippen LogP contribution in [0.25, 0.3) is 10.9 Å². The first kappa shape index (κ1) is 63.6. The van der Waals surface area contributed by atoms with Gasteiger partial charge in [0.1, 0.15) is 36.2 Å². The van der Waals surface area contributed by atoms with Gasteiger partial charge in [0, 0.05) is 55.1 Å². The third-order valence-corrected chi connectivity index (χ3v) is 18.0. The van der Waals surface area contributed by atoms with Gasteiger partial charge in [0.25, 0.3) is 10.1 Å². The number of hydrogen-bond donors (Lipinski definition) is 6. The van der Waals surface area contributed by atoms with E-state index in [1.165, 1.54) is 27.2 Å². The number of cyclic esters (lactones) is 1. The first-order valence-corrected chi connectivity index (χ1v) is 28.8. The quantitative estimate of drug-likeness (QED) is 0.0539. The van der Waals surface area contributed by atoms with E-state index in [1.54, 1.807) is 59.1 Å². The molecule has 0 spiro atoms. The summed E-state index contributed by atoms with van der Waals surface area (Å²) in [6, 6.07) is 2.07. The number of esters is 1. The molecule has 19 atom stereocenters. The topological polar surface area (TPSA) is 310 Å². The van der Waals surface area contributed by atoms with Crippen LogP contribution in [-0.4, -0.2) is 186 Å². The molecule has 2 aromatic rings. The average Bonchev–Trinajstić information content (AvgIpc) is 3.42. The largest absolute Gasteiger partial charge is 0.477 e. The second-order valence-electron chi connectivity index (χ2n) is 23.3. The van der Waals surface area contributed by atoms with Gasteiger partial charge in [0.15, 0.2) is 12.6 Å². The highest BCUT2D eigenvalue weighted by Gasteiger charge is 2.55. The first-order valence-electron chi connectivity index (χ1n) is 27.2. The number of pyridine rings is 1. The van der Waals surface area contributed by atoms with Gasteiger partial charge in [0.05, 0.1) is 71.6 Å². The van der Waals surface area contributed by atoms with Crippen molar-refractivity contribution < 1.29 is 80.9 Å². The molecule has 6 N–H and O–H groups in total. The molecule has 78 heavy (non-hydrogen) atoms. The Kier molecular flexibility index (Phi) is 20.9. The average molecular weight is 1130 g/mol. The predicted molar refractivity (Wildman–Crippen MR) is 285 cm³/mol. The van der Waals surface area contributed by atoms with Crippen molar-refractivity contribution in [3.05, 3.63) is 50.2 Å². The minimum atomic E-state index is -4.23. The lowest BCUT2D eigenvalue weighted by molar-refractivity contribution is -0.316. The zero-order valence-electron chi connectivity index (χ0n) is 47.4. The summed E-state index contributed by atoms with van der Waals surface area (Å²) >= 11 is 0. The lowest BCUT2D eigenvalue weighted by atomic mass is 9.72. The van der Waals surface area contributed by atoms with E-state index in [0.29, 0.717) is 36.7 Å². The number of nitrogens with one attached hydrogen (secondary N) is 1. The number of nitroso groups, excluding NO2 is 1. The van der Waals surface area contributed by atoms with Gasteiger partial charge in [-0.25, -0.2) is 4.79 Å². The van der Waals surface area contributed by atoms with Crippen molar-refractivity contribution in [2.75, 3.05) is 40.0 Å². The van der Waals surface area contributed by atoms with Crippen molar-refractivity contribution in [1.82, 2.24) is 14.8 Å². The van der Waals surface area contributed by atoms with Gasteiger partial charge < -0.3 is 73.5 Å². The molecule has 4 aliphatic heterocycles. The Morgan fingerprint density at radius 1 is 0.974 bits per heavy atom. The molecule has 24 heteroatoms. The van der Waals surface area contributed by atoms with E-state index >= 15 is 0 Å². The van der Waals surface area contributed by atoms with E-state index in [0.717, 1.165) is 11.1 Å². The number of hydrogen-bond acceptors (Lipinski definition) is 21. The summed E-state index contributed by atoms with van der Waals surface area (Å²) in [6.07, 6.45) is -9.08. The van der Waals surface area contributed by atoms with Crippen LogP contribution in [0.4, 0.5) is 0 Å². The maximum absolute atomic E-state index is 14.5. The Hall–Kier alpha value is -3.60. The van der Waals surface area contributed by atoms with Crippen LogP contribution in [0.15, 0.2) is 28.3 Å². The zero-order valence-corrected chi connectivity index (χ0v) is 48.3. The lowest BCUT2D eigenvalue weighted by Gasteiger charge is -2.49. The van der Waals surface area contributed by atoms with Crippen molar-refractivity contribution >= 4 is 33.0 Å². The van der Waals surface area contributed by atoms with Gasteiger partial charge in [-0.1, -0.05) is 38.9 Å². The molecule has 6 rings (SSSR count). The number of aromatic nitrogens is 1. The van der Waals surface area contributed by atoms with Gasteiger partial charge in [-0.2, -0.15) is 13.3 Å². The fourth-order valence-electron chi connectivity index (χ4n) is 12.4. The van der Waals surface area contributed by atoms with E-state index in [1.807, 2.05) is 32.0 Å². The molecular formula is C54H86N4O19S. The maximum Gasteiger partial charge on any atom is 0.341 e. The van der Waals surface area contributed by atoms with E-state index in [9.17, 15) is 53.2 Å². The van der Waals surface area contributed by atoms with Crippen molar-refractivity contribution in [2.24, 2.45) is 28.8 Å². The maximum atomic E-state index is 14.5. The van der Waals surface area contributed by atoms with Crippen LogP contribution in [0.1, 0.15) is 123 Å². The van der Waals surface area contributed by atoms with Crippen molar-refractivity contribution in [3.63, 3.8) is 0 Å². The Labute approximate surface area is 457 Å². The number of carbonyl (C=O) groups excluding carboxylic acids is 1. The summed E-state index contributed by atoms with van der Waals surface area (Å²) in [5.74, 6) is -6.47. The normalized spacial score (nSPS) is 38.4. The molecule has 3 saturated heterocycles. The summed E-state index contributed by atoms with van der Waals surface area (Å²) in [5.41, 5.74) is -4.03. The fraction of sp³-hybridized carbons (Fsp3) is 0.796. The molecule has 23 nitrogen and oxygen atoms in total. The van der Waals surface area contributed by atoms with Gasteiger partial charge in [-0.3, -0.25) is 13.8 Å². The van der Waals surface area contributed by atoms with Gasteiger partial charge in [0.2, 0.25) is 5.43 Å². The highest BCUT2D eigenvalue weighted by atomic mass is 32.2. The molecular weight excluding hydrogens is 1040 g/mol. The number of aliphatic hydroxyl groups is 4. The number of methoxy groups -OCH3 is 1. The van der Waals surface area contributed by atoms with Crippen LogP contribution in [0.5, 0.6) is 0 Å². The molecule has 0 bridgehead atoms. The molecule has 3 fully saturated rings. The molecule has 4 aliphatic rings. The molecule has 0 saturated carbocycles. The van der Waals surface area contributed by atoms with Crippen LogP contribution >= 0.6 is 0 Å². The number of rotatable bonds is 18. The van der Waals surface area contributed by atoms with E-state index in [2.05, 4.69) is 10.5 Å². The number of aromatic carboxylic acids is 1. The molecule has 0 radical (unpaired) electrons. The Bertz CT molecular complexity index is 2580. The second kappa shape index (κ2) is 25.7. The first-order chi connectivity index (χ1) is 36.4. The third kappa shape index (κ3) is 14.0. The van der Waals surface area contributed by atoms with Crippen LogP contribution in [0.2, 0.25) is 0 Å². The minimum absolute atomic E-state index is 0.0266. The number of ether oxygens (including phenoxy) is 7. The number of carboxylic acid groups (broad SMARTS) is 1. The Morgan fingerprint density at radius 3 is 2.29 bits per heavy atom. The van der Waals surface area contributed by atoms with Crippen molar-refractivity contribution in [1.29, 1.82) is 0 Å². The fourth-order valence-corrected chi connectivity index (χ4v) is 13.5. The third-order valence-electron chi connectivity index (χ3n) is 16.8. The molecule has 442 valence electrons. The predicted octanol–water partition coefficient (Wildman–Crippen LogP) is 3.43. The Morgan fingerprint density at radius 2 is 1.67 bits per heavy atom. The zero-order chi connectivity index (χ0) is 58.0. The van der Waals surface area contributed by atoms with Gasteiger partial charge in [-0.05, 0) is 112 Å². The smallest absolute Gasteiger partial charge is 0.341 e. The molecule has 1 unspecified atom stereocenters. The summed E-state index contributed by atoms with van der Waals surface area (Å²) in [4.78, 5) is 53.9. The number of aryl methyl sites for hydroxylation is 1.